The number of hydrogen-bond acceptors (Lipinski definition) is 5. The number of thiophene rings is 1. The molecule has 1 N–H and O–H groups in total. The first-order valence-corrected chi connectivity index (χ1v) is 9.83. The number of aromatic nitrogens is 3. The zero-order chi connectivity index (χ0) is 17.8. The van der Waals surface area contributed by atoms with Crippen LogP contribution in [0.15, 0.2) is 46.9 Å². The molecule has 2 heterocycles. The van der Waals surface area contributed by atoms with Gasteiger partial charge in [-0.1, -0.05) is 42.1 Å². The van der Waals surface area contributed by atoms with Crippen molar-refractivity contribution in [2.24, 2.45) is 7.05 Å². The maximum absolute atomic E-state index is 12.3. The second-order valence-corrected chi connectivity index (χ2v) is 7.67. The molecule has 130 valence electrons. The maximum Gasteiger partial charge on any atom is 0.230 e. The number of rotatable bonds is 6. The van der Waals surface area contributed by atoms with E-state index >= 15 is 0 Å². The Morgan fingerprint density at radius 1 is 1.28 bits per heavy atom. The number of aryl methyl sites for hydroxylation is 1. The Morgan fingerprint density at radius 2 is 2.08 bits per heavy atom. The van der Waals surface area contributed by atoms with E-state index in [1.54, 1.807) is 11.3 Å². The van der Waals surface area contributed by atoms with Gasteiger partial charge in [-0.3, -0.25) is 4.79 Å². The highest BCUT2D eigenvalue weighted by atomic mass is 32.2. The van der Waals surface area contributed by atoms with Crippen molar-refractivity contribution in [3.05, 3.63) is 52.9 Å². The van der Waals surface area contributed by atoms with Gasteiger partial charge in [-0.15, -0.1) is 21.5 Å². The number of hydrogen-bond donors (Lipinski definition) is 1. The summed E-state index contributed by atoms with van der Waals surface area (Å²) < 4.78 is 1.93. The molecule has 1 amide bonds. The third-order valence-electron chi connectivity index (χ3n) is 3.94. The summed E-state index contributed by atoms with van der Waals surface area (Å²) in [6, 6.07) is 12.1. The Balaban J connectivity index is 1.59. The van der Waals surface area contributed by atoms with Gasteiger partial charge in [-0.25, -0.2) is 0 Å². The van der Waals surface area contributed by atoms with Crippen molar-refractivity contribution in [2.45, 2.75) is 25.0 Å². The van der Waals surface area contributed by atoms with E-state index in [4.69, 9.17) is 0 Å². The summed E-state index contributed by atoms with van der Waals surface area (Å²) in [5, 5.41) is 14.2. The Hall–Kier alpha value is -2.12. The van der Waals surface area contributed by atoms with E-state index in [2.05, 4.69) is 28.5 Å². The van der Waals surface area contributed by atoms with Crippen LogP contribution < -0.4 is 5.32 Å². The van der Waals surface area contributed by atoms with Crippen molar-refractivity contribution in [1.29, 1.82) is 0 Å². The fourth-order valence-electron chi connectivity index (χ4n) is 2.62. The molecular formula is C18H20N4OS2. The lowest BCUT2D eigenvalue weighted by Gasteiger charge is -2.16. The fraction of sp³-hybridized carbons (Fsp3) is 0.278. The lowest BCUT2D eigenvalue weighted by atomic mass is 10.0. The molecule has 0 radical (unpaired) electrons. The highest BCUT2D eigenvalue weighted by molar-refractivity contribution is 7.99. The molecule has 3 aromatic rings. The topological polar surface area (TPSA) is 59.8 Å². The molecule has 5 nitrogen and oxygen atoms in total. The van der Waals surface area contributed by atoms with Gasteiger partial charge in [0.2, 0.25) is 5.91 Å². The summed E-state index contributed by atoms with van der Waals surface area (Å²) in [6.45, 7) is 4.06. The van der Waals surface area contributed by atoms with Crippen LogP contribution in [0.25, 0.3) is 10.7 Å². The van der Waals surface area contributed by atoms with Crippen LogP contribution in [0, 0.1) is 6.92 Å². The highest BCUT2D eigenvalue weighted by Crippen LogP contribution is 2.26. The van der Waals surface area contributed by atoms with Crippen LogP contribution in [0.4, 0.5) is 0 Å². The molecule has 2 aromatic heterocycles. The van der Waals surface area contributed by atoms with Crippen LogP contribution in [-0.4, -0.2) is 26.4 Å². The first-order valence-electron chi connectivity index (χ1n) is 7.97. The summed E-state index contributed by atoms with van der Waals surface area (Å²) >= 11 is 3.02. The van der Waals surface area contributed by atoms with E-state index in [1.807, 2.05) is 54.3 Å². The molecule has 3 rings (SSSR count). The molecule has 0 aliphatic heterocycles. The second-order valence-electron chi connectivity index (χ2n) is 5.78. The number of nitrogens with zero attached hydrogens (tertiary/aromatic N) is 3. The van der Waals surface area contributed by atoms with Gasteiger partial charge in [-0.2, -0.15) is 0 Å². The van der Waals surface area contributed by atoms with Gasteiger partial charge in [-0.05, 0) is 36.4 Å². The maximum atomic E-state index is 12.3. The van der Waals surface area contributed by atoms with Crippen LogP contribution >= 0.6 is 23.1 Å². The quantitative estimate of drug-likeness (QED) is 0.668. The van der Waals surface area contributed by atoms with Crippen molar-refractivity contribution < 1.29 is 4.79 Å². The molecule has 1 atom stereocenters. The van der Waals surface area contributed by atoms with Crippen molar-refractivity contribution in [3.63, 3.8) is 0 Å². The van der Waals surface area contributed by atoms with Crippen molar-refractivity contribution >= 4 is 29.0 Å². The van der Waals surface area contributed by atoms with Crippen LogP contribution in [0.3, 0.4) is 0 Å². The average Bonchev–Trinajstić information content (AvgIpc) is 3.23. The highest BCUT2D eigenvalue weighted by Gasteiger charge is 2.15. The molecule has 0 saturated heterocycles. The molecule has 0 spiro atoms. The molecule has 0 fully saturated rings. The first kappa shape index (κ1) is 17.7. The van der Waals surface area contributed by atoms with Crippen LogP contribution in [0.1, 0.15) is 24.1 Å². The van der Waals surface area contributed by atoms with Crippen molar-refractivity contribution in [3.8, 4) is 10.7 Å². The number of nitrogens with one attached hydrogen (secondary N) is 1. The standard InChI is InChI=1S/C18H20N4OS2/c1-12-7-4-5-8-14(12)13(2)19-16(23)11-25-18-21-20-17(22(18)3)15-9-6-10-24-15/h4-10,13H,11H2,1-3H3,(H,19,23). The number of amides is 1. The molecule has 0 saturated carbocycles. The molecule has 7 heteroatoms. The zero-order valence-electron chi connectivity index (χ0n) is 14.4. The van der Waals surface area contributed by atoms with Crippen LogP contribution in [0.5, 0.6) is 0 Å². The molecule has 0 aliphatic rings. The molecule has 0 bridgehead atoms. The van der Waals surface area contributed by atoms with Gasteiger partial charge >= 0.3 is 0 Å². The summed E-state index contributed by atoms with van der Waals surface area (Å²) in [5.74, 6) is 1.12. The van der Waals surface area contributed by atoms with Gasteiger partial charge in [0.25, 0.3) is 0 Å². The van der Waals surface area contributed by atoms with E-state index in [0.717, 1.165) is 21.4 Å². The summed E-state index contributed by atoms with van der Waals surface area (Å²) in [7, 11) is 1.92. The Labute approximate surface area is 155 Å². The van der Waals surface area contributed by atoms with Crippen LogP contribution in [-0.2, 0) is 11.8 Å². The number of carbonyl (C=O) groups is 1. The minimum Gasteiger partial charge on any atom is -0.349 e. The van der Waals surface area contributed by atoms with E-state index in [9.17, 15) is 4.79 Å². The smallest absolute Gasteiger partial charge is 0.230 e. The molecule has 1 aromatic carbocycles. The normalized spacial score (nSPS) is 12.1. The third kappa shape index (κ3) is 4.11. The van der Waals surface area contributed by atoms with E-state index in [0.29, 0.717) is 5.75 Å². The number of benzene rings is 1. The van der Waals surface area contributed by atoms with Crippen LogP contribution in [0.2, 0.25) is 0 Å². The predicted molar refractivity (Wildman–Crippen MR) is 103 cm³/mol. The van der Waals surface area contributed by atoms with Crippen molar-refractivity contribution in [2.75, 3.05) is 5.75 Å². The van der Waals surface area contributed by atoms with Gasteiger partial charge in [0.1, 0.15) is 0 Å². The zero-order valence-corrected chi connectivity index (χ0v) is 16.0. The van der Waals surface area contributed by atoms with Gasteiger partial charge in [0.15, 0.2) is 11.0 Å². The lowest BCUT2D eigenvalue weighted by Crippen LogP contribution is -2.28. The Kier molecular flexibility index (Phi) is 5.55. The summed E-state index contributed by atoms with van der Waals surface area (Å²) in [6.07, 6.45) is 0. The van der Waals surface area contributed by atoms with Gasteiger partial charge in [0, 0.05) is 7.05 Å². The monoisotopic (exact) mass is 372 g/mol. The first-order chi connectivity index (χ1) is 12.1. The van der Waals surface area contributed by atoms with E-state index in [-0.39, 0.29) is 11.9 Å². The Bertz CT molecular complexity index is 858. The minimum atomic E-state index is -0.0181. The molecular weight excluding hydrogens is 352 g/mol. The van der Waals surface area contributed by atoms with Crippen molar-refractivity contribution in [1.82, 2.24) is 20.1 Å². The average molecular weight is 373 g/mol. The predicted octanol–water partition coefficient (Wildman–Crippen LogP) is 3.82. The number of thioether (sulfide) groups is 1. The summed E-state index contributed by atoms with van der Waals surface area (Å²) in [5.41, 5.74) is 2.32. The second kappa shape index (κ2) is 7.84. The largest absolute Gasteiger partial charge is 0.349 e. The summed E-state index contributed by atoms with van der Waals surface area (Å²) in [4.78, 5) is 13.3. The molecule has 0 aliphatic carbocycles. The van der Waals surface area contributed by atoms with Gasteiger partial charge in [0.05, 0.1) is 16.7 Å². The molecule has 25 heavy (non-hydrogen) atoms. The van der Waals surface area contributed by atoms with Gasteiger partial charge < -0.3 is 9.88 Å². The third-order valence-corrected chi connectivity index (χ3v) is 5.83. The fourth-order valence-corrected chi connectivity index (χ4v) is 4.09. The molecule has 1 unspecified atom stereocenters. The SMILES string of the molecule is Cc1ccccc1C(C)NC(=O)CSc1nnc(-c2cccs2)n1C. The lowest BCUT2D eigenvalue weighted by molar-refractivity contribution is -0.119. The van der Waals surface area contributed by atoms with E-state index in [1.165, 1.54) is 17.3 Å². The minimum absolute atomic E-state index is 0.0126. The number of carbonyl (C=O) groups excluding carboxylic acids is 1. The Morgan fingerprint density at radius 3 is 2.80 bits per heavy atom. The van der Waals surface area contributed by atoms with E-state index < -0.39 is 0 Å².